The highest BCUT2D eigenvalue weighted by atomic mass is 79.9. The molecule has 0 atom stereocenters. The Labute approximate surface area is 118 Å². The standard InChI is InChI=1S/C14H22BrNO2/c1-14(2,17-4)7-8-18-13-6-5-12(15)9-11(13)10-16-3/h5-6,9,16H,7-8,10H2,1-4H3. The number of benzene rings is 1. The van der Waals surface area contributed by atoms with Gasteiger partial charge in [0.05, 0.1) is 12.2 Å². The van der Waals surface area contributed by atoms with Crippen molar-refractivity contribution in [1.29, 1.82) is 0 Å². The molecule has 0 saturated carbocycles. The summed E-state index contributed by atoms with van der Waals surface area (Å²) in [6, 6.07) is 6.07. The highest BCUT2D eigenvalue weighted by molar-refractivity contribution is 9.10. The van der Waals surface area contributed by atoms with Crippen LogP contribution in [-0.2, 0) is 11.3 Å². The van der Waals surface area contributed by atoms with Gasteiger partial charge < -0.3 is 14.8 Å². The first kappa shape index (κ1) is 15.5. The smallest absolute Gasteiger partial charge is 0.123 e. The number of ether oxygens (including phenoxy) is 2. The average molecular weight is 316 g/mol. The van der Waals surface area contributed by atoms with E-state index < -0.39 is 0 Å². The third-order valence-corrected chi connectivity index (χ3v) is 3.40. The van der Waals surface area contributed by atoms with Gasteiger partial charge in [0.15, 0.2) is 0 Å². The van der Waals surface area contributed by atoms with Crippen LogP contribution >= 0.6 is 15.9 Å². The number of halogens is 1. The summed E-state index contributed by atoms with van der Waals surface area (Å²) in [5, 5.41) is 3.14. The van der Waals surface area contributed by atoms with Crippen LogP contribution in [0.1, 0.15) is 25.8 Å². The zero-order chi connectivity index (χ0) is 13.6. The van der Waals surface area contributed by atoms with Crippen LogP contribution in [0.4, 0.5) is 0 Å². The SMILES string of the molecule is CNCc1cc(Br)ccc1OCCC(C)(C)OC. The quantitative estimate of drug-likeness (QED) is 0.837. The van der Waals surface area contributed by atoms with Crippen LogP contribution < -0.4 is 10.1 Å². The minimum absolute atomic E-state index is 0.140. The molecule has 0 amide bonds. The zero-order valence-electron chi connectivity index (χ0n) is 11.5. The first-order valence-electron chi connectivity index (χ1n) is 6.09. The van der Waals surface area contributed by atoms with Gasteiger partial charge in [-0.25, -0.2) is 0 Å². The lowest BCUT2D eigenvalue weighted by atomic mass is 10.1. The van der Waals surface area contributed by atoms with E-state index in [9.17, 15) is 0 Å². The minimum Gasteiger partial charge on any atom is -0.493 e. The summed E-state index contributed by atoms with van der Waals surface area (Å²) in [5.41, 5.74) is 1.01. The molecular formula is C14H22BrNO2. The largest absolute Gasteiger partial charge is 0.493 e. The Morgan fingerprint density at radius 3 is 2.67 bits per heavy atom. The molecule has 1 aromatic rings. The van der Waals surface area contributed by atoms with E-state index in [1.165, 1.54) is 0 Å². The van der Waals surface area contributed by atoms with Gasteiger partial charge in [0.25, 0.3) is 0 Å². The number of hydrogen-bond donors (Lipinski definition) is 1. The Balaban J connectivity index is 2.61. The van der Waals surface area contributed by atoms with Crippen molar-refractivity contribution in [1.82, 2.24) is 5.32 Å². The van der Waals surface area contributed by atoms with Crippen molar-refractivity contribution in [2.24, 2.45) is 0 Å². The van der Waals surface area contributed by atoms with Crippen LogP contribution in [0, 0.1) is 0 Å². The van der Waals surface area contributed by atoms with Gasteiger partial charge in [-0.1, -0.05) is 15.9 Å². The number of nitrogens with one attached hydrogen (secondary N) is 1. The molecule has 4 heteroatoms. The molecule has 0 heterocycles. The molecule has 102 valence electrons. The van der Waals surface area contributed by atoms with E-state index in [0.29, 0.717) is 6.61 Å². The van der Waals surface area contributed by atoms with Crippen molar-refractivity contribution in [2.75, 3.05) is 20.8 Å². The highest BCUT2D eigenvalue weighted by Crippen LogP contribution is 2.24. The maximum atomic E-state index is 5.84. The first-order valence-corrected chi connectivity index (χ1v) is 6.89. The third kappa shape index (κ3) is 4.96. The predicted molar refractivity (Wildman–Crippen MR) is 78.1 cm³/mol. The molecule has 3 nitrogen and oxygen atoms in total. The number of methoxy groups -OCH3 is 1. The molecule has 0 unspecified atom stereocenters. The minimum atomic E-state index is -0.140. The maximum Gasteiger partial charge on any atom is 0.123 e. The topological polar surface area (TPSA) is 30.5 Å². The predicted octanol–water partition coefficient (Wildman–Crippen LogP) is 3.36. The van der Waals surface area contributed by atoms with Crippen molar-refractivity contribution >= 4 is 15.9 Å². The summed E-state index contributed by atoms with van der Waals surface area (Å²) in [6.45, 7) is 5.57. The molecule has 0 aliphatic carbocycles. The number of hydrogen-bond acceptors (Lipinski definition) is 3. The molecule has 0 radical (unpaired) electrons. The second-order valence-corrected chi connectivity index (χ2v) is 5.76. The second-order valence-electron chi connectivity index (χ2n) is 4.84. The Kier molecular flexibility index (Phi) is 6.12. The summed E-state index contributed by atoms with van der Waals surface area (Å²) in [5.74, 6) is 0.930. The van der Waals surface area contributed by atoms with Crippen LogP contribution in [0.3, 0.4) is 0 Å². The van der Waals surface area contributed by atoms with Gasteiger partial charge in [0, 0.05) is 30.1 Å². The van der Waals surface area contributed by atoms with Gasteiger partial charge in [0.2, 0.25) is 0 Å². The molecule has 0 fully saturated rings. The molecule has 1 aromatic carbocycles. The van der Waals surface area contributed by atoms with E-state index in [0.717, 1.165) is 28.8 Å². The molecule has 1 N–H and O–H groups in total. The molecule has 1 rings (SSSR count). The lowest BCUT2D eigenvalue weighted by Crippen LogP contribution is -2.25. The summed E-state index contributed by atoms with van der Waals surface area (Å²) >= 11 is 3.47. The van der Waals surface area contributed by atoms with E-state index in [1.54, 1.807) is 7.11 Å². The summed E-state index contributed by atoms with van der Waals surface area (Å²) in [4.78, 5) is 0. The normalized spacial score (nSPS) is 11.6. The Morgan fingerprint density at radius 2 is 2.06 bits per heavy atom. The lowest BCUT2D eigenvalue weighted by molar-refractivity contribution is 0.00537. The Bertz CT molecular complexity index is 380. The van der Waals surface area contributed by atoms with E-state index in [4.69, 9.17) is 9.47 Å². The summed E-state index contributed by atoms with van der Waals surface area (Å²) in [7, 11) is 3.66. The molecule has 0 bridgehead atoms. The molecular weight excluding hydrogens is 294 g/mol. The Hall–Kier alpha value is -0.580. The highest BCUT2D eigenvalue weighted by Gasteiger charge is 2.16. The molecule has 0 aliphatic rings. The maximum absolute atomic E-state index is 5.84. The fourth-order valence-electron chi connectivity index (χ4n) is 1.53. The van der Waals surface area contributed by atoms with Crippen molar-refractivity contribution < 1.29 is 9.47 Å². The van der Waals surface area contributed by atoms with Crippen LogP contribution in [0.25, 0.3) is 0 Å². The summed E-state index contributed by atoms with van der Waals surface area (Å²) < 4.78 is 12.3. The molecule has 0 aliphatic heterocycles. The van der Waals surface area contributed by atoms with Crippen molar-refractivity contribution in [3.63, 3.8) is 0 Å². The van der Waals surface area contributed by atoms with Crippen LogP contribution in [-0.4, -0.2) is 26.4 Å². The van der Waals surface area contributed by atoms with Crippen LogP contribution in [0.5, 0.6) is 5.75 Å². The van der Waals surface area contributed by atoms with Gasteiger partial charge in [-0.2, -0.15) is 0 Å². The van der Waals surface area contributed by atoms with Gasteiger partial charge in [-0.15, -0.1) is 0 Å². The molecule has 18 heavy (non-hydrogen) atoms. The lowest BCUT2D eigenvalue weighted by Gasteiger charge is -2.23. The van der Waals surface area contributed by atoms with Gasteiger partial charge in [-0.05, 0) is 39.1 Å². The van der Waals surface area contributed by atoms with E-state index >= 15 is 0 Å². The monoisotopic (exact) mass is 315 g/mol. The fourth-order valence-corrected chi connectivity index (χ4v) is 1.93. The van der Waals surface area contributed by atoms with Crippen molar-refractivity contribution in [3.8, 4) is 5.75 Å². The van der Waals surface area contributed by atoms with Crippen molar-refractivity contribution in [3.05, 3.63) is 28.2 Å². The third-order valence-electron chi connectivity index (χ3n) is 2.90. The van der Waals surface area contributed by atoms with Gasteiger partial charge in [0.1, 0.15) is 5.75 Å². The van der Waals surface area contributed by atoms with Crippen LogP contribution in [0.2, 0.25) is 0 Å². The van der Waals surface area contributed by atoms with Crippen LogP contribution in [0.15, 0.2) is 22.7 Å². The molecule has 0 saturated heterocycles. The van der Waals surface area contributed by atoms with Gasteiger partial charge >= 0.3 is 0 Å². The fraction of sp³-hybridized carbons (Fsp3) is 0.571. The number of rotatable bonds is 7. The van der Waals surface area contributed by atoms with E-state index in [-0.39, 0.29) is 5.60 Å². The Morgan fingerprint density at radius 1 is 1.33 bits per heavy atom. The van der Waals surface area contributed by atoms with Gasteiger partial charge in [-0.3, -0.25) is 0 Å². The van der Waals surface area contributed by atoms with E-state index in [1.807, 2.05) is 19.2 Å². The molecule has 0 spiro atoms. The first-order chi connectivity index (χ1) is 8.48. The van der Waals surface area contributed by atoms with Crippen molar-refractivity contribution in [2.45, 2.75) is 32.4 Å². The van der Waals surface area contributed by atoms with E-state index in [2.05, 4.69) is 41.2 Å². The summed E-state index contributed by atoms with van der Waals surface area (Å²) in [6.07, 6.45) is 0.860. The molecule has 0 aromatic heterocycles. The average Bonchev–Trinajstić information content (AvgIpc) is 2.32. The second kappa shape index (κ2) is 7.12. The zero-order valence-corrected chi connectivity index (χ0v) is 13.1.